The zero-order valence-corrected chi connectivity index (χ0v) is 14.7. The van der Waals surface area contributed by atoms with Crippen LogP contribution in [-0.4, -0.2) is 61.9 Å². The van der Waals surface area contributed by atoms with Gasteiger partial charge in [0.25, 0.3) is 5.91 Å². The number of amides is 2. The maximum absolute atomic E-state index is 12.6. The highest BCUT2D eigenvalue weighted by Gasteiger charge is 2.28. The summed E-state index contributed by atoms with van der Waals surface area (Å²) in [5.41, 5.74) is 0.0625. The molecule has 0 aliphatic rings. The van der Waals surface area contributed by atoms with E-state index in [1.807, 2.05) is 17.5 Å². The third-order valence-corrected chi connectivity index (χ3v) is 4.33. The SMILES string of the molecule is CC(=O)NCCN(C(=O)c1cn(Cc2cccs2)nn1)C(C)C(=O)O. The molecule has 9 nitrogen and oxygen atoms in total. The molecule has 0 saturated heterocycles. The third kappa shape index (κ3) is 5.11. The molecule has 134 valence electrons. The van der Waals surface area contributed by atoms with Gasteiger partial charge in [-0.2, -0.15) is 0 Å². The second-order valence-electron chi connectivity index (χ2n) is 5.38. The first-order chi connectivity index (χ1) is 11.9. The van der Waals surface area contributed by atoms with E-state index in [2.05, 4.69) is 15.6 Å². The number of carboxylic acid groups (broad SMARTS) is 1. The number of aliphatic carboxylic acids is 1. The molecule has 0 spiro atoms. The van der Waals surface area contributed by atoms with Crippen LogP contribution in [0.3, 0.4) is 0 Å². The van der Waals surface area contributed by atoms with Crippen LogP contribution in [0.4, 0.5) is 0 Å². The first-order valence-electron chi connectivity index (χ1n) is 7.59. The van der Waals surface area contributed by atoms with Crippen LogP contribution in [0.5, 0.6) is 0 Å². The summed E-state index contributed by atoms with van der Waals surface area (Å²) in [4.78, 5) is 37.1. The van der Waals surface area contributed by atoms with Crippen molar-refractivity contribution in [1.82, 2.24) is 25.2 Å². The number of carbonyl (C=O) groups is 3. The molecule has 2 heterocycles. The molecule has 0 fully saturated rings. The van der Waals surface area contributed by atoms with E-state index in [1.165, 1.54) is 24.7 Å². The Balaban J connectivity index is 2.10. The lowest BCUT2D eigenvalue weighted by atomic mass is 10.2. The highest BCUT2D eigenvalue weighted by atomic mass is 32.1. The van der Waals surface area contributed by atoms with Gasteiger partial charge in [0.15, 0.2) is 5.69 Å². The van der Waals surface area contributed by atoms with Crippen molar-refractivity contribution >= 4 is 29.1 Å². The Bertz CT molecular complexity index is 743. The molecular weight excluding hydrogens is 346 g/mol. The van der Waals surface area contributed by atoms with Crippen molar-refractivity contribution in [1.29, 1.82) is 0 Å². The Kier molecular flexibility index (Phi) is 6.23. The second-order valence-corrected chi connectivity index (χ2v) is 6.41. The number of aromatic nitrogens is 3. The van der Waals surface area contributed by atoms with Gasteiger partial charge in [0.1, 0.15) is 6.04 Å². The highest BCUT2D eigenvalue weighted by molar-refractivity contribution is 7.09. The first-order valence-corrected chi connectivity index (χ1v) is 8.47. The number of thiophene rings is 1. The average molecular weight is 365 g/mol. The molecule has 2 aromatic rings. The Labute approximate surface area is 148 Å². The summed E-state index contributed by atoms with van der Waals surface area (Å²) in [7, 11) is 0. The van der Waals surface area contributed by atoms with E-state index in [-0.39, 0.29) is 24.7 Å². The van der Waals surface area contributed by atoms with Crippen molar-refractivity contribution in [2.45, 2.75) is 26.4 Å². The predicted octanol–water partition coefficient (Wildman–Crippen LogP) is 0.439. The lowest BCUT2D eigenvalue weighted by molar-refractivity contribution is -0.141. The van der Waals surface area contributed by atoms with Crippen molar-refractivity contribution in [3.63, 3.8) is 0 Å². The van der Waals surface area contributed by atoms with Crippen LogP contribution in [0.1, 0.15) is 29.2 Å². The number of carbonyl (C=O) groups excluding carboxylic acids is 2. The topological polar surface area (TPSA) is 117 Å². The minimum Gasteiger partial charge on any atom is -0.480 e. The minimum absolute atomic E-state index is 0.0592. The summed E-state index contributed by atoms with van der Waals surface area (Å²) in [5.74, 6) is -1.93. The van der Waals surface area contributed by atoms with E-state index in [0.717, 1.165) is 9.78 Å². The quantitative estimate of drug-likeness (QED) is 0.701. The average Bonchev–Trinajstić information content (AvgIpc) is 3.22. The van der Waals surface area contributed by atoms with E-state index < -0.39 is 17.9 Å². The molecule has 2 aromatic heterocycles. The van der Waals surface area contributed by atoms with Crippen LogP contribution in [0.2, 0.25) is 0 Å². The normalized spacial score (nSPS) is 11.8. The Morgan fingerprint density at radius 1 is 1.44 bits per heavy atom. The molecule has 0 aliphatic carbocycles. The van der Waals surface area contributed by atoms with Gasteiger partial charge in [0.05, 0.1) is 12.7 Å². The van der Waals surface area contributed by atoms with Gasteiger partial charge in [0, 0.05) is 24.9 Å². The fourth-order valence-electron chi connectivity index (χ4n) is 2.14. The maximum Gasteiger partial charge on any atom is 0.326 e. The molecule has 2 rings (SSSR count). The van der Waals surface area contributed by atoms with Crippen molar-refractivity contribution in [3.05, 3.63) is 34.3 Å². The van der Waals surface area contributed by atoms with E-state index >= 15 is 0 Å². The maximum atomic E-state index is 12.6. The molecule has 1 unspecified atom stereocenters. The fourth-order valence-corrected chi connectivity index (χ4v) is 2.84. The Morgan fingerprint density at radius 2 is 2.20 bits per heavy atom. The van der Waals surface area contributed by atoms with Crippen LogP contribution in [-0.2, 0) is 16.1 Å². The Morgan fingerprint density at radius 3 is 2.80 bits per heavy atom. The smallest absolute Gasteiger partial charge is 0.326 e. The van der Waals surface area contributed by atoms with Crippen molar-refractivity contribution < 1.29 is 19.5 Å². The standard InChI is InChI=1S/C15H19N5O4S/c1-10(15(23)24)20(6-5-16-11(2)21)14(22)13-9-19(18-17-13)8-12-4-3-7-25-12/h3-4,7,9-10H,5-6,8H2,1-2H3,(H,16,21)(H,23,24). The van der Waals surface area contributed by atoms with Gasteiger partial charge >= 0.3 is 5.97 Å². The van der Waals surface area contributed by atoms with Crippen molar-refractivity contribution in [3.8, 4) is 0 Å². The zero-order valence-electron chi connectivity index (χ0n) is 13.9. The molecule has 2 N–H and O–H groups in total. The summed E-state index contributed by atoms with van der Waals surface area (Å²) >= 11 is 1.56. The van der Waals surface area contributed by atoms with Gasteiger partial charge in [-0.15, -0.1) is 16.4 Å². The first kappa shape index (κ1) is 18.6. The van der Waals surface area contributed by atoms with Gasteiger partial charge in [0.2, 0.25) is 5.91 Å². The molecule has 0 aromatic carbocycles. The number of nitrogens with zero attached hydrogens (tertiary/aromatic N) is 4. The van der Waals surface area contributed by atoms with Gasteiger partial charge in [-0.1, -0.05) is 11.3 Å². The van der Waals surface area contributed by atoms with Crippen LogP contribution in [0.25, 0.3) is 0 Å². The highest BCUT2D eigenvalue weighted by Crippen LogP contribution is 2.11. The van der Waals surface area contributed by atoms with Crippen molar-refractivity contribution in [2.75, 3.05) is 13.1 Å². The van der Waals surface area contributed by atoms with Gasteiger partial charge in [-0.25, -0.2) is 9.48 Å². The number of hydrogen-bond acceptors (Lipinski definition) is 6. The number of nitrogens with one attached hydrogen (secondary N) is 1. The Hall–Kier alpha value is -2.75. The van der Waals surface area contributed by atoms with Gasteiger partial charge in [-0.3, -0.25) is 9.59 Å². The van der Waals surface area contributed by atoms with E-state index in [4.69, 9.17) is 0 Å². The lowest BCUT2D eigenvalue weighted by Crippen LogP contribution is -2.46. The molecule has 10 heteroatoms. The van der Waals surface area contributed by atoms with Crippen molar-refractivity contribution in [2.24, 2.45) is 0 Å². The lowest BCUT2D eigenvalue weighted by Gasteiger charge is -2.25. The molecule has 0 radical (unpaired) electrons. The predicted molar refractivity (Wildman–Crippen MR) is 90.3 cm³/mol. The van der Waals surface area contributed by atoms with Gasteiger partial charge in [-0.05, 0) is 18.4 Å². The number of hydrogen-bond donors (Lipinski definition) is 2. The summed E-state index contributed by atoms with van der Waals surface area (Å²) in [6.07, 6.45) is 1.49. The third-order valence-electron chi connectivity index (χ3n) is 3.47. The fraction of sp³-hybridized carbons (Fsp3) is 0.400. The summed E-state index contributed by atoms with van der Waals surface area (Å²) in [6.45, 7) is 3.46. The molecule has 2 amide bonds. The summed E-state index contributed by atoms with van der Waals surface area (Å²) in [5, 5.41) is 21.5. The van der Waals surface area contributed by atoms with Crippen LogP contribution in [0.15, 0.2) is 23.7 Å². The molecular formula is C15H19N5O4S. The molecule has 25 heavy (non-hydrogen) atoms. The summed E-state index contributed by atoms with van der Waals surface area (Å²) in [6, 6.07) is 2.81. The zero-order chi connectivity index (χ0) is 18.4. The van der Waals surface area contributed by atoms with Crippen LogP contribution >= 0.6 is 11.3 Å². The minimum atomic E-state index is -1.14. The number of rotatable bonds is 8. The summed E-state index contributed by atoms with van der Waals surface area (Å²) < 4.78 is 1.52. The van der Waals surface area contributed by atoms with Crippen LogP contribution < -0.4 is 5.32 Å². The monoisotopic (exact) mass is 365 g/mol. The van der Waals surface area contributed by atoms with Crippen LogP contribution in [0, 0.1) is 0 Å². The van der Waals surface area contributed by atoms with E-state index in [1.54, 1.807) is 11.3 Å². The number of carboxylic acids is 1. The van der Waals surface area contributed by atoms with E-state index in [0.29, 0.717) is 6.54 Å². The van der Waals surface area contributed by atoms with E-state index in [9.17, 15) is 19.5 Å². The molecule has 0 aliphatic heterocycles. The molecule has 0 saturated carbocycles. The van der Waals surface area contributed by atoms with Gasteiger partial charge < -0.3 is 15.3 Å². The molecule has 1 atom stereocenters. The largest absolute Gasteiger partial charge is 0.480 e. The molecule has 0 bridgehead atoms. The second kappa shape index (κ2) is 8.38.